The molecule has 0 spiro atoms. The Hall–Kier alpha value is -1.66. The van der Waals surface area contributed by atoms with Gasteiger partial charge in [0.15, 0.2) is 0 Å². The molecule has 122 valence electrons. The zero-order chi connectivity index (χ0) is 16.0. The van der Waals surface area contributed by atoms with Gasteiger partial charge in [-0.15, -0.1) is 11.3 Å². The van der Waals surface area contributed by atoms with Crippen molar-refractivity contribution in [3.8, 4) is 0 Å². The molecule has 5 nitrogen and oxygen atoms in total. The van der Waals surface area contributed by atoms with E-state index in [2.05, 4.69) is 21.1 Å². The van der Waals surface area contributed by atoms with Gasteiger partial charge in [0.05, 0.1) is 10.6 Å². The fourth-order valence-electron chi connectivity index (χ4n) is 3.00. The number of carbonyl (C=O) groups is 1. The van der Waals surface area contributed by atoms with Crippen molar-refractivity contribution in [1.29, 1.82) is 0 Å². The smallest absolute Gasteiger partial charge is 0.266 e. The largest absolute Gasteiger partial charge is 0.313 e. The molecule has 6 heteroatoms. The number of nitrogens with zero attached hydrogens (tertiary/aromatic N) is 2. The maximum absolute atomic E-state index is 12.4. The fourth-order valence-corrected chi connectivity index (χ4v) is 3.87. The van der Waals surface area contributed by atoms with Crippen LogP contribution in [0.3, 0.4) is 0 Å². The number of rotatable bonds is 6. The number of anilines is 1. The molecule has 2 heterocycles. The van der Waals surface area contributed by atoms with Gasteiger partial charge in [0.25, 0.3) is 5.91 Å². The molecule has 1 amide bonds. The molecule has 0 aliphatic heterocycles. The molecule has 0 bridgehead atoms. The molecule has 2 aliphatic carbocycles. The van der Waals surface area contributed by atoms with Crippen LogP contribution in [0.15, 0.2) is 17.5 Å². The molecular weight excluding hydrogens is 308 g/mol. The monoisotopic (exact) mass is 330 g/mol. The van der Waals surface area contributed by atoms with Crippen molar-refractivity contribution in [2.24, 2.45) is 13.0 Å². The Morgan fingerprint density at radius 1 is 1.43 bits per heavy atom. The third-order valence-electron chi connectivity index (χ3n) is 4.67. The van der Waals surface area contributed by atoms with Crippen LogP contribution in [0.4, 0.5) is 5.82 Å². The summed E-state index contributed by atoms with van der Waals surface area (Å²) in [4.78, 5) is 13.1. The Morgan fingerprint density at radius 2 is 2.26 bits per heavy atom. The third kappa shape index (κ3) is 3.33. The molecule has 4 rings (SSSR count). The fraction of sp³-hybridized carbons (Fsp3) is 0.529. The van der Waals surface area contributed by atoms with Crippen LogP contribution in [0.1, 0.15) is 46.1 Å². The van der Waals surface area contributed by atoms with Gasteiger partial charge in [0, 0.05) is 25.1 Å². The highest BCUT2D eigenvalue weighted by atomic mass is 32.1. The van der Waals surface area contributed by atoms with Crippen molar-refractivity contribution >= 4 is 23.1 Å². The molecular formula is C17H22N4OS. The molecule has 2 saturated carbocycles. The molecule has 2 unspecified atom stereocenters. The van der Waals surface area contributed by atoms with Gasteiger partial charge in [0.1, 0.15) is 5.82 Å². The standard InChI is InChI=1S/C17H22N4OS/c1-10-5-16(21(2)20-10)19-17(22)15-6-12(9-23-15)13-7-14(13)18-8-11-3-4-11/h5-6,9,11,13-14,18H,3-4,7-8H2,1-2H3,(H,19,22). The minimum atomic E-state index is -0.0487. The van der Waals surface area contributed by atoms with Crippen LogP contribution in [-0.2, 0) is 7.05 Å². The molecule has 0 saturated heterocycles. The lowest BCUT2D eigenvalue weighted by Crippen LogP contribution is -2.20. The summed E-state index contributed by atoms with van der Waals surface area (Å²) in [6.45, 7) is 3.08. The highest BCUT2D eigenvalue weighted by molar-refractivity contribution is 7.12. The molecule has 2 aliphatic rings. The second-order valence-corrected chi connectivity index (χ2v) is 7.70. The predicted octanol–water partition coefficient (Wildman–Crippen LogP) is 2.90. The number of carbonyl (C=O) groups excluding carboxylic acids is 1. The second-order valence-electron chi connectivity index (χ2n) is 6.79. The average molecular weight is 330 g/mol. The van der Waals surface area contributed by atoms with Crippen LogP contribution < -0.4 is 10.6 Å². The maximum Gasteiger partial charge on any atom is 0.266 e. The number of nitrogens with one attached hydrogen (secondary N) is 2. The van der Waals surface area contributed by atoms with Gasteiger partial charge in [-0.05, 0) is 55.7 Å². The number of hydrogen-bond acceptors (Lipinski definition) is 4. The number of hydrogen-bond donors (Lipinski definition) is 2. The molecule has 0 aromatic carbocycles. The molecule has 0 radical (unpaired) electrons. The van der Waals surface area contributed by atoms with Crippen molar-refractivity contribution in [3.63, 3.8) is 0 Å². The highest BCUT2D eigenvalue weighted by Crippen LogP contribution is 2.43. The Morgan fingerprint density at radius 3 is 2.96 bits per heavy atom. The van der Waals surface area contributed by atoms with Crippen molar-refractivity contribution in [1.82, 2.24) is 15.1 Å². The first-order valence-corrected chi connectivity index (χ1v) is 9.12. The van der Waals surface area contributed by atoms with Crippen LogP contribution in [0.5, 0.6) is 0 Å². The van der Waals surface area contributed by atoms with E-state index in [4.69, 9.17) is 0 Å². The summed E-state index contributed by atoms with van der Waals surface area (Å²) >= 11 is 1.53. The normalized spacial score (nSPS) is 23.0. The summed E-state index contributed by atoms with van der Waals surface area (Å²) in [6.07, 6.45) is 3.98. The molecule has 23 heavy (non-hydrogen) atoms. The van der Waals surface area contributed by atoms with Gasteiger partial charge in [-0.3, -0.25) is 9.48 Å². The minimum Gasteiger partial charge on any atom is -0.313 e. The van der Waals surface area contributed by atoms with Crippen molar-refractivity contribution in [2.45, 2.75) is 38.1 Å². The predicted molar refractivity (Wildman–Crippen MR) is 92.1 cm³/mol. The highest BCUT2D eigenvalue weighted by Gasteiger charge is 2.39. The Balaban J connectivity index is 1.36. The van der Waals surface area contributed by atoms with Crippen molar-refractivity contribution in [3.05, 3.63) is 33.6 Å². The molecule has 2 aromatic heterocycles. The first-order valence-electron chi connectivity index (χ1n) is 8.24. The van der Waals surface area contributed by atoms with Crippen LogP contribution in [-0.4, -0.2) is 28.3 Å². The van der Waals surface area contributed by atoms with E-state index >= 15 is 0 Å². The molecule has 2 aromatic rings. The topological polar surface area (TPSA) is 59.0 Å². The minimum absolute atomic E-state index is 0.0487. The van der Waals surface area contributed by atoms with Crippen molar-refractivity contribution in [2.75, 3.05) is 11.9 Å². The Labute approximate surface area is 140 Å². The lowest BCUT2D eigenvalue weighted by molar-refractivity contribution is 0.102. The lowest BCUT2D eigenvalue weighted by Gasteiger charge is -2.03. The SMILES string of the molecule is Cc1cc(NC(=O)c2cc(C3CC3NCC3CC3)cs2)n(C)n1. The third-order valence-corrected chi connectivity index (χ3v) is 5.62. The first-order chi connectivity index (χ1) is 11.1. The molecule has 2 fully saturated rings. The van der Waals surface area contributed by atoms with E-state index in [0.29, 0.717) is 12.0 Å². The summed E-state index contributed by atoms with van der Waals surface area (Å²) in [5, 5.41) is 13.0. The van der Waals surface area contributed by atoms with Gasteiger partial charge in [-0.1, -0.05) is 0 Å². The van der Waals surface area contributed by atoms with Gasteiger partial charge in [0.2, 0.25) is 0 Å². The van der Waals surface area contributed by atoms with Crippen LogP contribution in [0.25, 0.3) is 0 Å². The zero-order valence-electron chi connectivity index (χ0n) is 13.5. The van der Waals surface area contributed by atoms with E-state index in [9.17, 15) is 4.79 Å². The quantitative estimate of drug-likeness (QED) is 0.856. The number of aromatic nitrogens is 2. The summed E-state index contributed by atoms with van der Waals surface area (Å²) in [5.41, 5.74) is 2.20. The summed E-state index contributed by atoms with van der Waals surface area (Å²) in [6, 6.07) is 4.54. The molecule has 2 atom stereocenters. The number of amides is 1. The van der Waals surface area contributed by atoms with Gasteiger partial charge in [-0.2, -0.15) is 5.10 Å². The van der Waals surface area contributed by atoms with Crippen LogP contribution in [0.2, 0.25) is 0 Å². The first kappa shape index (κ1) is 14.9. The second kappa shape index (κ2) is 5.76. The average Bonchev–Trinajstić information content (AvgIpc) is 3.40. The summed E-state index contributed by atoms with van der Waals surface area (Å²) in [7, 11) is 1.84. The van der Waals surface area contributed by atoms with E-state index in [-0.39, 0.29) is 5.91 Å². The van der Waals surface area contributed by atoms with E-state index < -0.39 is 0 Å². The zero-order valence-corrected chi connectivity index (χ0v) is 14.3. The lowest BCUT2D eigenvalue weighted by atomic mass is 10.2. The van der Waals surface area contributed by atoms with Gasteiger partial charge >= 0.3 is 0 Å². The van der Waals surface area contributed by atoms with Crippen LogP contribution in [0, 0.1) is 12.8 Å². The van der Waals surface area contributed by atoms with Gasteiger partial charge in [-0.25, -0.2) is 0 Å². The Kier molecular flexibility index (Phi) is 3.73. The Bertz CT molecular complexity index is 731. The summed E-state index contributed by atoms with van der Waals surface area (Å²) < 4.78 is 1.69. The van der Waals surface area contributed by atoms with Crippen molar-refractivity contribution < 1.29 is 4.79 Å². The van der Waals surface area contributed by atoms with E-state index in [0.717, 1.165) is 22.3 Å². The van der Waals surface area contributed by atoms with Crippen LogP contribution >= 0.6 is 11.3 Å². The maximum atomic E-state index is 12.4. The number of aryl methyl sites for hydroxylation is 2. The van der Waals surface area contributed by atoms with E-state index in [1.54, 1.807) is 4.68 Å². The number of thiophene rings is 1. The van der Waals surface area contributed by atoms with E-state index in [1.807, 2.05) is 26.1 Å². The summed E-state index contributed by atoms with van der Waals surface area (Å²) in [5.74, 6) is 2.19. The van der Waals surface area contributed by atoms with E-state index in [1.165, 1.54) is 42.7 Å². The van der Waals surface area contributed by atoms with Gasteiger partial charge < -0.3 is 10.6 Å². The molecule has 2 N–H and O–H groups in total.